The van der Waals surface area contributed by atoms with Gasteiger partial charge in [-0.25, -0.2) is 5.43 Å². The number of anilines is 1. The Bertz CT molecular complexity index is 993. The van der Waals surface area contributed by atoms with E-state index in [1.807, 2.05) is 67.5 Å². The summed E-state index contributed by atoms with van der Waals surface area (Å²) in [4.78, 5) is 14.4. The summed E-state index contributed by atoms with van der Waals surface area (Å²) in [5.74, 6) is 0.392. The number of H-pyrrole nitrogens is 1. The van der Waals surface area contributed by atoms with Gasteiger partial charge in [-0.2, -0.15) is 10.2 Å². The lowest BCUT2D eigenvalue weighted by Crippen LogP contribution is -2.18. The van der Waals surface area contributed by atoms with E-state index in [9.17, 15) is 4.79 Å². The van der Waals surface area contributed by atoms with Gasteiger partial charge in [-0.05, 0) is 42.3 Å². The predicted octanol–water partition coefficient (Wildman–Crippen LogP) is 4.09. The molecular weight excluding hydrogens is 378 g/mol. The normalized spacial score (nSPS) is 10.9. The standard InChI is InChI=1S/C23H27N5O2/c1-4-5-14-30-22-9-7-6-8-19(22)20-15-21(26-25-20)23(29)27-24-16-17-10-12-18(13-11-17)28(2)3/h6-13,15-16H,4-5,14H2,1-3H3,(H,25,26)(H,27,29)/b24-16+. The Hall–Kier alpha value is -3.61. The number of nitrogens with one attached hydrogen (secondary N) is 2. The lowest BCUT2D eigenvalue weighted by molar-refractivity contribution is 0.0950. The summed E-state index contributed by atoms with van der Waals surface area (Å²) in [6.07, 6.45) is 3.65. The smallest absolute Gasteiger partial charge is 0.289 e. The van der Waals surface area contributed by atoms with E-state index in [1.54, 1.807) is 12.3 Å². The van der Waals surface area contributed by atoms with Crippen molar-refractivity contribution in [2.45, 2.75) is 19.8 Å². The largest absolute Gasteiger partial charge is 0.493 e. The zero-order valence-electron chi connectivity index (χ0n) is 17.6. The van der Waals surface area contributed by atoms with Crippen molar-refractivity contribution in [3.8, 4) is 17.0 Å². The van der Waals surface area contributed by atoms with Gasteiger partial charge in [-0.1, -0.05) is 37.6 Å². The van der Waals surface area contributed by atoms with Crippen LogP contribution >= 0.6 is 0 Å². The van der Waals surface area contributed by atoms with Crippen molar-refractivity contribution in [3.63, 3.8) is 0 Å². The highest BCUT2D eigenvalue weighted by Gasteiger charge is 2.13. The fourth-order valence-corrected chi connectivity index (χ4v) is 2.79. The third-order valence-corrected chi connectivity index (χ3v) is 4.53. The van der Waals surface area contributed by atoms with E-state index < -0.39 is 0 Å². The number of benzene rings is 2. The first kappa shape index (κ1) is 21.1. The van der Waals surface area contributed by atoms with Crippen LogP contribution in [0.15, 0.2) is 59.7 Å². The summed E-state index contributed by atoms with van der Waals surface area (Å²) >= 11 is 0. The van der Waals surface area contributed by atoms with Crippen molar-refractivity contribution in [1.82, 2.24) is 15.6 Å². The molecule has 0 aliphatic rings. The number of aromatic amines is 1. The topological polar surface area (TPSA) is 82.6 Å². The van der Waals surface area contributed by atoms with Crippen molar-refractivity contribution in [2.24, 2.45) is 5.10 Å². The van der Waals surface area contributed by atoms with Crippen LogP contribution in [0.4, 0.5) is 5.69 Å². The van der Waals surface area contributed by atoms with Crippen molar-refractivity contribution in [3.05, 3.63) is 65.9 Å². The number of amides is 1. The molecular formula is C23H27N5O2. The molecule has 0 bridgehead atoms. The highest BCUT2D eigenvalue weighted by molar-refractivity contribution is 5.94. The SMILES string of the molecule is CCCCOc1ccccc1-c1cc(C(=O)N/N=C/c2ccc(N(C)C)cc2)[nH]n1. The molecule has 7 nitrogen and oxygen atoms in total. The first-order chi connectivity index (χ1) is 14.6. The Kier molecular flexibility index (Phi) is 7.21. The second-order valence-electron chi connectivity index (χ2n) is 7.05. The molecule has 156 valence electrons. The average Bonchev–Trinajstić information content (AvgIpc) is 3.25. The third-order valence-electron chi connectivity index (χ3n) is 4.53. The number of ether oxygens (including phenoxy) is 1. The Morgan fingerprint density at radius 3 is 2.70 bits per heavy atom. The van der Waals surface area contributed by atoms with Crippen LogP contribution in [0.3, 0.4) is 0 Å². The lowest BCUT2D eigenvalue weighted by Gasteiger charge is -2.11. The summed E-state index contributed by atoms with van der Waals surface area (Å²) in [5.41, 5.74) is 6.33. The Balaban J connectivity index is 1.64. The minimum atomic E-state index is -0.362. The summed E-state index contributed by atoms with van der Waals surface area (Å²) in [7, 11) is 3.97. The molecule has 3 aromatic rings. The van der Waals surface area contributed by atoms with E-state index in [-0.39, 0.29) is 5.91 Å². The number of aromatic nitrogens is 2. The van der Waals surface area contributed by atoms with Crippen molar-refractivity contribution >= 4 is 17.8 Å². The van der Waals surface area contributed by atoms with Crippen molar-refractivity contribution in [2.75, 3.05) is 25.6 Å². The Morgan fingerprint density at radius 1 is 1.20 bits per heavy atom. The summed E-state index contributed by atoms with van der Waals surface area (Å²) in [6.45, 7) is 2.77. The highest BCUT2D eigenvalue weighted by atomic mass is 16.5. The molecule has 2 aromatic carbocycles. The molecule has 1 amide bonds. The highest BCUT2D eigenvalue weighted by Crippen LogP contribution is 2.28. The second-order valence-corrected chi connectivity index (χ2v) is 7.05. The number of carbonyl (C=O) groups is 1. The van der Waals surface area contributed by atoms with Gasteiger partial charge in [0, 0.05) is 25.3 Å². The molecule has 0 atom stereocenters. The predicted molar refractivity (Wildman–Crippen MR) is 120 cm³/mol. The van der Waals surface area contributed by atoms with Gasteiger partial charge in [0.15, 0.2) is 0 Å². The number of hydrazone groups is 1. The Labute approximate surface area is 176 Å². The summed E-state index contributed by atoms with van der Waals surface area (Å²) in [6, 6.07) is 17.2. The maximum absolute atomic E-state index is 12.4. The number of hydrogen-bond acceptors (Lipinski definition) is 5. The molecule has 3 rings (SSSR count). The van der Waals surface area contributed by atoms with Crippen LogP contribution < -0.4 is 15.1 Å². The molecule has 0 aliphatic heterocycles. The number of rotatable bonds is 9. The van der Waals surface area contributed by atoms with Crippen molar-refractivity contribution < 1.29 is 9.53 Å². The van der Waals surface area contributed by atoms with Crippen LogP contribution in [0.2, 0.25) is 0 Å². The fraction of sp³-hybridized carbons (Fsp3) is 0.261. The van der Waals surface area contributed by atoms with Gasteiger partial charge in [-0.3, -0.25) is 9.89 Å². The van der Waals surface area contributed by atoms with E-state index >= 15 is 0 Å². The number of unbranched alkanes of at least 4 members (excludes halogenated alkanes) is 1. The minimum Gasteiger partial charge on any atom is -0.493 e. The van der Waals surface area contributed by atoms with Gasteiger partial charge in [-0.15, -0.1) is 0 Å². The van der Waals surface area contributed by atoms with Gasteiger partial charge in [0.1, 0.15) is 11.4 Å². The molecule has 1 aromatic heterocycles. The monoisotopic (exact) mass is 405 g/mol. The van der Waals surface area contributed by atoms with E-state index in [1.165, 1.54) is 0 Å². The summed E-state index contributed by atoms with van der Waals surface area (Å²) in [5, 5.41) is 11.1. The molecule has 1 heterocycles. The number of para-hydroxylation sites is 1. The first-order valence-electron chi connectivity index (χ1n) is 9.97. The van der Waals surface area contributed by atoms with Crippen LogP contribution in [-0.2, 0) is 0 Å². The molecule has 0 radical (unpaired) electrons. The summed E-state index contributed by atoms with van der Waals surface area (Å²) < 4.78 is 5.86. The zero-order chi connectivity index (χ0) is 21.3. The maximum Gasteiger partial charge on any atom is 0.289 e. The molecule has 0 aliphatic carbocycles. The van der Waals surface area contributed by atoms with E-state index in [0.717, 1.165) is 35.4 Å². The molecule has 7 heteroatoms. The van der Waals surface area contributed by atoms with Crippen LogP contribution in [0.5, 0.6) is 5.75 Å². The Morgan fingerprint density at radius 2 is 1.97 bits per heavy atom. The minimum absolute atomic E-state index is 0.327. The van der Waals surface area contributed by atoms with Crippen LogP contribution in [0.1, 0.15) is 35.8 Å². The van der Waals surface area contributed by atoms with E-state index in [4.69, 9.17) is 4.74 Å². The van der Waals surface area contributed by atoms with Crippen LogP contribution in [0, 0.1) is 0 Å². The van der Waals surface area contributed by atoms with Gasteiger partial charge in [0.05, 0.1) is 18.5 Å². The molecule has 0 fully saturated rings. The third kappa shape index (κ3) is 5.47. The van der Waals surface area contributed by atoms with Gasteiger partial charge in [0.2, 0.25) is 0 Å². The van der Waals surface area contributed by atoms with E-state index in [0.29, 0.717) is 18.0 Å². The lowest BCUT2D eigenvalue weighted by atomic mass is 10.1. The fourth-order valence-electron chi connectivity index (χ4n) is 2.79. The molecule has 0 saturated heterocycles. The molecule has 0 spiro atoms. The number of hydrogen-bond donors (Lipinski definition) is 2. The number of nitrogens with zero attached hydrogens (tertiary/aromatic N) is 3. The van der Waals surface area contributed by atoms with Gasteiger partial charge in [0.25, 0.3) is 5.91 Å². The van der Waals surface area contributed by atoms with Crippen LogP contribution in [0.25, 0.3) is 11.3 Å². The number of carbonyl (C=O) groups excluding carboxylic acids is 1. The molecule has 0 unspecified atom stereocenters. The average molecular weight is 406 g/mol. The first-order valence-corrected chi connectivity index (χ1v) is 9.97. The zero-order valence-corrected chi connectivity index (χ0v) is 17.6. The quantitative estimate of drug-likeness (QED) is 0.319. The maximum atomic E-state index is 12.4. The van der Waals surface area contributed by atoms with Gasteiger partial charge >= 0.3 is 0 Å². The molecule has 2 N–H and O–H groups in total. The van der Waals surface area contributed by atoms with Crippen molar-refractivity contribution in [1.29, 1.82) is 0 Å². The van der Waals surface area contributed by atoms with Gasteiger partial charge < -0.3 is 9.64 Å². The molecule has 0 saturated carbocycles. The van der Waals surface area contributed by atoms with E-state index in [2.05, 4.69) is 27.6 Å². The van der Waals surface area contributed by atoms with Crippen LogP contribution in [-0.4, -0.2) is 43.0 Å². The second kappa shape index (κ2) is 10.2. The molecule has 30 heavy (non-hydrogen) atoms.